The number of aromatic nitrogens is 1. The number of carbonyl (C=O) groups excluding carboxylic acids is 2. The Morgan fingerprint density at radius 2 is 1.96 bits per heavy atom. The van der Waals surface area contributed by atoms with Crippen molar-refractivity contribution in [1.82, 2.24) is 10.3 Å². The van der Waals surface area contributed by atoms with E-state index in [1.807, 2.05) is 44.2 Å². The number of hydrogen-bond donors (Lipinski definition) is 3. The third kappa shape index (κ3) is 5.38. The van der Waals surface area contributed by atoms with Crippen molar-refractivity contribution in [1.29, 1.82) is 0 Å². The summed E-state index contributed by atoms with van der Waals surface area (Å²) in [5.74, 6) is -1.63. The van der Waals surface area contributed by atoms with Crippen molar-refractivity contribution in [2.75, 3.05) is 5.32 Å². The molecule has 2 aromatic rings. The molecule has 1 aromatic heterocycles. The average Bonchev–Trinajstić information content (AvgIpc) is 3.07. The molecule has 0 aliphatic heterocycles. The fraction of sp³-hybridized carbons (Fsp3) is 0.333. The van der Waals surface area contributed by atoms with E-state index >= 15 is 0 Å². The fourth-order valence-corrected chi connectivity index (χ4v) is 3.06. The lowest BCUT2D eigenvalue weighted by atomic mass is 10.0. The van der Waals surface area contributed by atoms with Gasteiger partial charge in [0.25, 0.3) is 0 Å². The average molecular weight is 375 g/mol. The normalized spacial score (nSPS) is 13.0. The Morgan fingerprint density at radius 3 is 2.50 bits per heavy atom. The summed E-state index contributed by atoms with van der Waals surface area (Å²) in [4.78, 5) is 39.5. The molecule has 2 rings (SSSR count). The maximum absolute atomic E-state index is 12.6. The number of carboxylic acids is 1. The van der Waals surface area contributed by atoms with Crippen LogP contribution in [0.25, 0.3) is 0 Å². The Morgan fingerprint density at radius 1 is 1.27 bits per heavy atom. The van der Waals surface area contributed by atoms with Crippen LogP contribution in [0.4, 0.5) is 5.13 Å². The number of aldehydes is 1. The van der Waals surface area contributed by atoms with Crippen LogP contribution in [0.2, 0.25) is 0 Å². The molecule has 7 nitrogen and oxygen atoms in total. The standard InChI is InChI=1S/C18H21N3O4S/c1-11(2)15(21-18-19-9-13(10-22)26-18)16(23)20-14(17(24)25)8-12-6-4-3-5-7-12/h3-7,9-11,14-15H,8H2,1-2H3,(H,19,21)(H,20,23)(H,24,25). The highest BCUT2D eigenvalue weighted by Crippen LogP contribution is 2.19. The lowest BCUT2D eigenvalue weighted by molar-refractivity contribution is -0.142. The van der Waals surface area contributed by atoms with Crippen LogP contribution in [-0.2, 0) is 16.0 Å². The van der Waals surface area contributed by atoms with E-state index in [9.17, 15) is 19.5 Å². The number of aliphatic carboxylic acids is 1. The maximum atomic E-state index is 12.6. The van der Waals surface area contributed by atoms with Crippen molar-refractivity contribution in [3.8, 4) is 0 Å². The van der Waals surface area contributed by atoms with Gasteiger partial charge in [-0.05, 0) is 11.5 Å². The van der Waals surface area contributed by atoms with Crippen molar-refractivity contribution < 1.29 is 19.5 Å². The first-order valence-corrected chi connectivity index (χ1v) is 8.97. The molecule has 0 aliphatic carbocycles. The molecule has 0 saturated heterocycles. The molecule has 138 valence electrons. The van der Waals surface area contributed by atoms with Crippen LogP contribution in [-0.4, -0.2) is 40.3 Å². The molecule has 0 radical (unpaired) electrons. The van der Waals surface area contributed by atoms with Crippen molar-refractivity contribution in [2.45, 2.75) is 32.4 Å². The van der Waals surface area contributed by atoms with Gasteiger partial charge in [0, 0.05) is 6.42 Å². The molecule has 8 heteroatoms. The third-order valence-corrected chi connectivity index (χ3v) is 4.62. The van der Waals surface area contributed by atoms with Crippen LogP contribution >= 0.6 is 11.3 Å². The van der Waals surface area contributed by atoms with E-state index in [1.165, 1.54) is 6.20 Å². The molecule has 0 aliphatic rings. The van der Waals surface area contributed by atoms with E-state index in [4.69, 9.17) is 0 Å². The second kappa shape index (κ2) is 9.10. The number of rotatable bonds is 9. The van der Waals surface area contributed by atoms with Crippen LogP contribution in [0.1, 0.15) is 29.1 Å². The topological polar surface area (TPSA) is 108 Å². The number of carboxylic acid groups (broad SMARTS) is 1. The fourth-order valence-electron chi connectivity index (χ4n) is 2.39. The zero-order chi connectivity index (χ0) is 19.1. The summed E-state index contributed by atoms with van der Waals surface area (Å²) < 4.78 is 0. The molecule has 2 unspecified atom stereocenters. The maximum Gasteiger partial charge on any atom is 0.326 e. The van der Waals surface area contributed by atoms with E-state index < -0.39 is 24.0 Å². The molecule has 0 spiro atoms. The summed E-state index contributed by atoms with van der Waals surface area (Å²) in [6.07, 6.45) is 2.30. The zero-order valence-electron chi connectivity index (χ0n) is 14.5. The third-order valence-electron chi connectivity index (χ3n) is 3.77. The first-order valence-electron chi connectivity index (χ1n) is 8.15. The molecule has 0 bridgehead atoms. The summed E-state index contributed by atoms with van der Waals surface area (Å²) in [6.45, 7) is 3.69. The van der Waals surface area contributed by atoms with Crippen LogP contribution in [0.3, 0.4) is 0 Å². The Bertz CT molecular complexity index is 761. The van der Waals surface area contributed by atoms with Gasteiger partial charge in [-0.3, -0.25) is 9.59 Å². The number of amides is 1. The molecule has 2 atom stereocenters. The molecule has 0 saturated carbocycles. The van der Waals surface area contributed by atoms with Crippen LogP contribution in [0, 0.1) is 5.92 Å². The minimum atomic E-state index is -1.10. The summed E-state index contributed by atoms with van der Waals surface area (Å²) in [7, 11) is 0. The highest BCUT2D eigenvalue weighted by Gasteiger charge is 2.28. The van der Waals surface area contributed by atoms with Crippen LogP contribution in [0.5, 0.6) is 0 Å². The van der Waals surface area contributed by atoms with Gasteiger partial charge in [-0.15, -0.1) is 0 Å². The second-order valence-corrected chi connectivity index (χ2v) is 7.20. The predicted octanol–water partition coefficient (Wildman–Crippen LogP) is 2.20. The molecule has 26 heavy (non-hydrogen) atoms. The van der Waals surface area contributed by atoms with Crippen molar-refractivity contribution in [3.05, 3.63) is 47.0 Å². The van der Waals surface area contributed by atoms with Gasteiger partial charge in [0.1, 0.15) is 12.1 Å². The van der Waals surface area contributed by atoms with Gasteiger partial charge in [0.15, 0.2) is 11.4 Å². The van der Waals surface area contributed by atoms with Crippen molar-refractivity contribution in [3.63, 3.8) is 0 Å². The van der Waals surface area contributed by atoms with E-state index in [2.05, 4.69) is 15.6 Å². The Balaban J connectivity index is 2.08. The lowest BCUT2D eigenvalue weighted by Crippen LogP contribution is -2.50. The molecule has 1 amide bonds. The summed E-state index contributed by atoms with van der Waals surface area (Å²) in [5.41, 5.74) is 0.824. The lowest BCUT2D eigenvalue weighted by Gasteiger charge is -2.23. The summed E-state index contributed by atoms with van der Waals surface area (Å²) >= 11 is 1.14. The number of hydrogen-bond acceptors (Lipinski definition) is 6. The van der Waals surface area contributed by atoms with Crippen LogP contribution in [0.15, 0.2) is 36.5 Å². The van der Waals surface area contributed by atoms with Gasteiger partial charge in [-0.25, -0.2) is 9.78 Å². The SMILES string of the molecule is CC(C)C(Nc1ncc(C=O)s1)C(=O)NC(Cc1ccccc1)C(=O)O. The number of nitrogens with zero attached hydrogens (tertiary/aromatic N) is 1. The quantitative estimate of drug-likeness (QED) is 0.580. The van der Waals surface area contributed by atoms with Gasteiger partial charge < -0.3 is 15.7 Å². The molecule has 1 aromatic carbocycles. The molecule has 1 heterocycles. The number of carbonyl (C=O) groups is 3. The monoisotopic (exact) mass is 375 g/mol. The summed E-state index contributed by atoms with van der Waals surface area (Å²) in [5, 5.41) is 15.5. The van der Waals surface area contributed by atoms with E-state index in [0.29, 0.717) is 16.3 Å². The Labute approximate surface area is 155 Å². The van der Waals surface area contributed by atoms with Gasteiger partial charge in [-0.1, -0.05) is 55.5 Å². The molecular formula is C18H21N3O4S. The number of benzene rings is 1. The zero-order valence-corrected chi connectivity index (χ0v) is 15.3. The van der Waals surface area contributed by atoms with Gasteiger partial charge >= 0.3 is 5.97 Å². The van der Waals surface area contributed by atoms with E-state index in [1.54, 1.807) is 0 Å². The van der Waals surface area contributed by atoms with Crippen LogP contribution < -0.4 is 10.6 Å². The number of thiazole rings is 1. The van der Waals surface area contributed by atoms with Gasteiger partial charge in [-0.2, -0.15) is 0 Å². The van der Waals surface area contributed by atoms with E-state index in [-0.39, 0.29) is 12.3 Å². The minimum absolute atomic E-state index is 0.107. The first kappa shape index (κ1) is 19.6. The largest absolute Gasteiger partial charge is 0.480 e. The van der Waals surface area contributed by atoms with Gasteiger partial charge in [0.2, 0.25) is 5.91 Å². The molecular weight excluding hydrogens is 354 g/mol. The van der Waals surface area contributed by atoms with Gasteiger partial charge in [0.05, 0.1) is 11.1 Å². The first-order chi connectivity index (χ1) is 12.4. The summed E-state index contributed by atoms with van der Waals surface area (Å²) in [6, 6.07) is 7.42. The molecule has 3 N–H and O–H groups in total. The highest BCUT2D eigenvalue weighted by molar-refractivity contribution is 7.17. The Hall–Kier alpha value is -2.74. The smallest absolute Gasteiger partial charge is 0.326 e. The number of anilines is 1. The van der Waals surface area contributed by atoms with Crippen molar-refractivity contribution >= 4 is 34.6 Å². The van der Waals surface area contributed by atoms with E-state index in [0.717, 1.165) is 16.9 Å². The molecule has 0 fully saturated rings. The highest BCUT2D eigenvalue weighted by atomic mass is 32.1. The Kier molecular flexibility index (Phi) is 6.85. The predicted molar refractivity (Wildman–Crippen MR) is 99.5 cm³/mol. The number of nitrogens with one attached hydrogen (secondary N) is 2. The minimum Gasteiger partial charge on any atom is -0.480 e. The second-order valence-electron chi connectivity index (χ2n) is 6.14. The van der Waals surface area contributed by atoms with Crippen molar-refractivity contribution in [2.24, 2.45) is 5.92 Å².